The molecule has 1 fully saturated rings. The number of hydrogen-bond donors (Lipinski definition) is 1. The molecule has 0 radical (unpaired) electrons. The SMILES string of the molecule is Cc1nc2c(C(C)C)c(C(=O)NC3CCOc4ccccc43)cnn2c1N1CCCCC1. The van der Waals surface area contributed by atoms with E-state index >= 15 is 0 Å². The van der Waals surface area contributed by atoms with Crippen LogP contribution in [0.25, 0.3) is 5.65 Å². The highest BCUT2D eigenvalue weighted by molar-refractivity contribution is 5.97. The van der Waals surface area contributed by atoms with Gasteiger partial charge in [0.25, 0.3) is 5.91 Å². The summed E-state index contributed by atoms with van der Waals surface area (Å²) >= 11 is 0. The number of nitrogens with one attached hydrogen (secondary N) is 1. The molecule has 7 heteroatoms. The van der Waals surface area contributed by atoms with Crippen molar-refractivity contribution in [2.75, 3.05) is 24.6 Å². The number of piperidine rings is 1. The van der Waals surface area contributed by atoms with Crippen molar-refractivity contribution in [2.24, 2.45) is 0 Å². The van der Waals surface area contributed by atoms with E-state index in [9.17, 15) is 4.79 Å². The zero-order chi connectivity index (χ0) is 22.2. The van der Waals surface area contributed by atoms with Gasteiger partial charge in [-0.05, 0) is 38.2 Å². The fourth-order valence-electron chi connectivity index (χ4n) is 5.05. The smallest absolute Gasteiger partial charge is 0.253 e. The van der Waals surface area contributed by atoms with Gasteiger partial charge in [0.1, 0.15) is 5.75 Å². The number of aromatic nitrogens is 3. The third-order valence-electron chi connectivity index (χ3n) is 6.57. The van der Waals surface area contributed by atoms with Gasteiger partial charge in [0.15, 0.2) is 11.5 Å². The first kappa shape index (κ1) is 20.8. The summed E-state index contributed by atoms with van der Waals surface area (Å²) in [6.45, 7) is 8.91. The third-order valence-corrected chi connectivity index (χ3v) is 6.57. The number of carbonyl (C=O) groups excluding carboxylic acids is 1. The minimum Gasteiger partial charge on any atom is -0.493 e. The fourth-order valence-corrected chi connectivity index (χ4v) is 5.05. The fraction of sp³-hybridized carbons (Fsp3) is 0.480. The molecule has 2 aliphatic rings. The predicted octanol–water partition coefficient (Wildman–Crippen LogP) is 4.41. The van der Waals surface area contributed by atoms with Crippen molar-refractivity contribution in [1.29, 1.82) is 0 Å². The highest BCUT2D eigenvalue weighted by atomic mass is 16.5. The van der Waals surface area contributed by atoms with Gasteiger partial charge >= 0.3 is 0 Å². The van der Waals surface area contributed by atoms with Gasteiger partial charge < -0.3 is 15.0 Å². The number of carbonyl (C=O) groups is 1. The summed E-state index contributed by atoms with van der Waals surface area (Å²) in [5.41, 5.74) is 4.34. The average molecular weight is 434 g/mol. The number of fused-ring (bicyclic) bond motifs is 2. The Kier molecular flexibility index (Phi) is 5.49. The number of rotatable bonds is 4. The Bertz CT molecular complexity index is 1150. The van der Waals surface area contributed by atoms with Gasteiger partial charge in [0.2, 0.25) is 0 Å². The molecule has 5 rings (SSSR count). The maximum atomic E-state index is 13.4. The van der Waals surface area contributed by atoms with Crippen LogP contribution < -0.4 is 15.0 Å². The first-order valence-electron chi connectivity index (χ1n) is 11.7. The van der Waals surface area contributed by atoms with E-state index < -0.39 is 0 Å². The Morgan fingerprint density at radius 3 is 2.75 bits per heavy atom. The lowest BCUT2D eigenvalue weighted by Gasteiger charge is -2.28. The summed E-state index contributed by atoms with van der Waals surface area (Å²) < 4.78 is 7.69. The number of anilines is 1. The van der Waals surface area contributed by atoms with Gasteiger partial charge in [-0.15, -0.1) is 0 Å². The molecular weight excluding hydrogens is 402 g/mol. The molecule has 1 saturated heterocycles. The zero-order valence-corrected chi connectivity index (χ0v) is 19.1. The number of para-hydroxylation sites is 1. The molecule has 0 bridgehead atoms. The van der Waals surface area contributed by atoms with Crippen LogP contribution in [0.1, 0.15) is 78.7 Å². The van der Waals surface area contributed by atoms with Crippen LogP contribution in [0, 0.1) is 6.92 Å². The molecule has 7 nitrogen and oxygen atoms in total. The van der Waals surface area contributed by atoms with Gasteiger partial charge in [0.05, 0.1) is 30.1 Å². The maximum Gasteiger partial charge on any atom is 0.253 e. The molecule has 0 spiro atoms. The molecule has 2 aromatic heterocycles. The number of amides is 1. The second kappa shape index (κ2) is 8.45. The highest BCUT2D eigenvalue weighted by Crippen LogP contribution is 2.33. The summed E-state index contributed by atoms with van der Waals surface area (Å²) in [5, 5.41) is 7.94. The van der Waals surface area contributed by atoms with E-state index in [1.807, 2.05) is 35.7 Å². The summed E-state index contributed by atoms with van der Waals surface area (Å²) in [6, 6.07) is 7.84. The van der Waals surface area contributed by atoms with Crippen LogP contribution in [0.3, 0.4) is 0 Å². The van der Waals surface area contributed by atoms with Crippen molar-refractivity contribution < 1.29 is 9.53 Å². The van der Waals surface area contributed by atoms with E-state index in [4.69, 9.17) is 14.8 Å². The van der Waals surface area contributed by atoms with Crippen molar-refractivity contribution in [2.45, 2.75) is 58.4 Å². The van der Waals surface area contributed by atoms with Gasteiger partial charge in [-0.2, -0.15) is 9.61 Å². The summed E-state index contributed by atoms with van der Waals surface area (Å²) in [5.74, 6) is 1.94. The normalized spacial score (nSPS) is 18.5. The number of aryl methyl sites for hydroxylation is 1. The molecule has 3 aromatic rings. The third kappa shape index (κ3) is 3.59. The second-order valence-corrected chi connectivity index (χ2v) is 9.13. The molecule has 1 atom stereocenters. The molecule has 0 aliphatic carbocycles. The molecule has 1 unspecified atom stereocenters. The van der Waals surface area contributed by atoms with Crippen LogP contribution in [0.4, 0.5) is 5.82 Å². The summed E-state index contributed by atoms with van der Waals surface area (Å²) in [6.07, 6.45) is 6.12. The standard InChI is InChI=1S/C25H31N5O2/c1-16(2)22-19(24(31)28-20-11-14-32-21-10-6-5-9-18(20)21)15-26-30-23(22)27-17(3)25(30)29-12-7-4-8-13-29/h5-6,9-10,15-16,20H,4,7-8,11-14H2,1-3H3,(H,28,31). The van der Waals surface area contributed by atoms with Crippen molar-refractivity contribution in [3.63, 3.8) is 0 Å². The molecule has 4 heterocycles. The van der Waals surface area contributed by atoms with E-state index in [2.05, 4.69) is 24.1 Å². The summed E-state index contributed by atoms with van der Waals surface area (Å²) in [4.78, 5) is 20.7. The molecule has 2 aliphatic heterocycles. The minimum atomic E-state index is -0.106. The van der Waals surface area contributed by atoms with Crippen LogP contribution in [-0.2, 0) is 0 Å². The average Bonchev–Trinajstić information content (AvgIpc) is 3.14. The van der Waals surface area contributed by atoms with Crippen LogP contribution >= 0.6 is 0 Å². The second-order valence-electron chi connectivity index (χ2n) is 9.13. The van der Waals surface area contributed by atoms with Crippen LogP contribution in [0.5, 0.6) is 5.75 Å². The number of nitrogens with zero attached hydrogens (tertiary/aromatic N) is 4. The van der Waals surface area contributed by atoms with Gasteiger partial charge in [0, 0.05) is 30.6 Å². The molecule has 168 valence electrons. The van der Waals surface area contributed by atoms with E-state index in [1.165, 1.54) is 19.3 Å². The van der Waals surface area contributed by atoms with E-state index in [0.29, 0.717) is 12.2 Å². The Morgan fingerprint density at radius 2 is 1.97 bits per heavy atom. The van der Waals surface area contributed by atoms with Crippen LogP contribution in [-0.4, -0.2) is 40.2 Å². The monoisotopic (exact) mass is 433 g/mol. The van der Waals surface area contributed by atoms with E-state index in [-0.39, 0.29) is 17.9 Å². The molecule has 1 N–H and O–H groups in total. The van der Waals surface area contributed by atoms with Crippen molar-refractivity contribution in [3.8, 4) is 5.75 Å². The lowest BCUT2D eigenvalue weighted by atomic mass is 9.97. The quantitative estimate of drug-likeness (QED) is 0.660. The van der Waals surface area contributed by atoms with Crippen molar-refractivity contribution >= 4 is 17.4 Å². The Hall–Kier alpha value is -3.09. The Labute approximate surface area is 188 Å². The first-order valence-corrected chi connectivity index (χ1v) is 11.7. The molecule has 32 heavy (non-hydrogen) atoms. The molecule has 0 saturated carbocycles. The molecule has 1 aromatic carbocycles. The predicted molar refractivity (Wildman–Crippen MR) is 125 cm³/mol. The molecular formula is C25H31N5O2. The highest BCUT2D eigenvalue weighted by Gasteiger charge is 2.28. The van der Waals surface area contributed by atoms with Crippen LogP contribution in [0.15, 0.2) is 30.5 Å². The van der Waals surface area contributed by atoms with Gasteiger partial charge in [-0.3, -0.25) is 4.79 Å². The van der Waals surface area contributed by atoms with Gasteiger partial charge in [-0.25, -0.2) is 4.98 Å². The van der Waals surface area contributed by atoms with E-state index in [1.54, 1.807) is 6.20 Å². The Balaban J connectivity index is 1.52. The van der Waals surface area contributed by atoms with Crippen molar-refractivity contribution in [3.05, 3.63) is 52.8 Å². The molecule has 1 amide bonds. The van der Waals surface area contributed by atoms with Gasteiger partial charge in [-0.1, -0.05) is 32.0 Å². The topological polar surface area (TPSA) is 71.8 Å². The lowest BCUT2D eigenvalue weighted by Crippen LogP contribution is -2.33. The lowest BCUT2D eigenvalue weighted by molar-refractivity contribution is 0.0923. The first-order chi connectivity index (χ1) is 15.5. The Morgan fingerprint density at radius 1 is 1.19 bits per heavy atom. The van der Waals surface area contributed by atoms with Crippen LogP contribution in [0.2, 0.25) is 0 Å². The number of ether oxygens (including phenoxy) is 1. The minimum absolute atomic E-state index is 0.0749. The number of hydrogen-bond acceptors (Lipinski definition) is 5. The van der Waals surface area contributed by atoms with E-state index in [0.717, 1.165) is 53.5 Å². The summed E-state index contributed by atoms with van der Waals surface area (Å²) in [7, 11) is 0. The van der Waals surface area contributed by atoms with Crippen molar-refractivity contribution in [1.82, 2.24) is 19.9 Å². The maximum absolute atomic E-state index is 13.4. The zero-order valence-electron chi connectivity index (χ0n) is 19.1. The number of benzene rings is 1. The largest absolute Gasteiger partial charge is 0.493 e. The number of imidazole rings is 1.